The molecule has 0 unspecified atom stereocenters. The third-order valence-corrected chi connectivity index (χ3v) is 2.24. The fraction of sp³-hybridized carbons (Fsp3) is 0.100. The smallest absolute Gasteiger partial charge is 0.142 e. The van der Waals surface area contributed by atoms with Gasteiger partial charge in [0.25, 0.3) is 0 Å². The second-order valence-electron chi connectivity index (χ2n) is 2.92. The van der Waals surface area contributed by atoms with Crippen molar-refractivity contribution in [2.45, 2.75) is 6.61 Å². The summed E-state index contributed by atoms with van der Waals surface area (Å²) < 4.78 is 13.0. The Labute approximate surface area is 85.0 Å². The number of rotatable bonds is 1. The Bertz CT molecular complexity index is 487. The molecule has 0 radical (unpaired) electrons. The van der Waals surface area contributed by atoms with E-state index in [0.717, 1.165) is 0 Å². The molecule has 0 spiro atoms. The standard InChI is InChI=1S/C10H7ClFNO/c11-8-4-10-6(3-9(8)12)1-2-7(5-14)13-10/h1-4,14H,5H2. The second-order valence-corrected chi connectivity index (χ2v) is 3.33. The highest BCUT2D eigenvalue weighted by molar-refractivity contribution is 6.31. The van der Waals surface area contributed by atoms with Crippen molar-refractivity contribution >= 4 is 22.5 Å². The number of nitrogens with zero attached hydrogens (tertiary/aromatic N) is 1. The van der Waals surface area contributed by atoms with E-state index in [0.29, 0.717) is 16.6 Å². The summed E-state index contributed by atoms with van der Waals surface area (Å²) in [4.78, 5) is 4.09. The van der Waals surface area contributed by atoms with Gasteiger partial charge in [-0.15, -0.1) is 0 Å². The van der Waals surface area contributed by atoms with Gasteiger partial charge in [-0.1, -0.05) is 17.7 Å². The normalized spacial score (nSPS) is 10.8. The van der Waals surface area contributed by atoms with Gasteiger partial charge in [0.05, 0.1) is 22.8 Å². The number of aromatic nitrogens is 1. The predicted octanol–water partition coefficient (Wildman–Crippen LogP) is 2.52. The van der Waals surface area contributed by atoms with Crippen LogP contribution in [-0.2, 0) is 6.61 Å². The summed E-state index contributed by atoms with van der Waals surface area (Å²) in [5.74, 6) is -0.460. The molecule has 0 fully saturated rings. The monoisotopic (exact) mass is 211 g/mol. The molecule has 0 aliphatic carbocycles. The molecule has 2 nitrogen and oxygen atoms in total. The van der Waals surface area contributed by atoms with Crippen LogP contribution in [0.1, 0.15) is 5.69 Å². The highest BCUT2D eigenvalue weighted by Crippen LogP contribution is 2.21. The van der Waals surface area contributed by atoms with Crippen LogP contribution in [0.4, 0.5) is 4.39 Å². The van der Waals surface area contributed by atoms with E-state index in [4.69, 9.17) is 16.7 Å². The van der Waals surface area contributed by atoms with E-state index in [9.17, 15) is 4.39 Å². The van der Waals surface area contributed by atoms with Gasteiger partial charge < -0.3 is 5.11 Å². The molecule has 0 aliphatic rings. The highest BCUT2D eigenvalue weighted by Gasteiger charge is 2.03. The van der Waals surface area contributed by atoms with Gasteiger partial charge in [0.15, 0.2) is 0 Å². The van der Waals surface area contributed by atoms with E-state index in [1.165, 1.54) is 12.1 Å². The van der Waals surface area contributed by atoms with Crippen LogP contribution in [0.3, 0.4) is 0 Å². The zero-order chi connectivity index (χ0) is 10.1. The van der Waals surface area contributed by atoms with E-state index in [1.807, 2.05) is 0 Å². The summed E-state index contributed by atoms with van der Waals surface area (Å²) in [6.07, 6.45) is 0. The van der Waals surface area contributed by atoms with Gasteiger partial charge in [-0.2, -0.15) is 0 Å². The van der Waals surface area contributed by atoms with Crippen LogP contribution in [0.15, 0.2) is 24.3 Å². The number of halogens is 2. The van der Waals surface area contributed by atoms with E-state index in [2.05, 4.69) is 4.98 Å². The molecule has 1 N–H and O–H groups in total. The Morgan fingerprint density at radius 1 is 1.36 bits per heavy atom. The first-order chi connectivity index (χ1) is 6.70. The minimum Gasteiger partial charge on any atom is -0.390 e. The minimum atomic E-state index is -0.460. The van der Waals surface area contributed by atoms with Crippen molar-refractivity contribution in [1.82, 2.24) is 4.98 Å². The number of fused-ring (bicyclic) bond motifs is 1. The Morgan fingerprint density at radius 2 is 2.14 bits per heavy atom. The summed E-state index contributed by atoms with van der Waals surface area (Å²) in [7, 11) is 0. The van der Waals surface area contributed by atoms with Crippen LogP contribution in [0.5, 0.6) is 0 Å². The summed E-state index contributed by atoms with van der Waals surface area (Å²) in [6.45, 7) is -0.134. The number of benzene rings is 1. The SMILES string of the molecule is OCc1ccc2cc(F)c(Cl)cc2n1. The van der Waals surface area contributed by atoms with Crippen molar-refractivity contribution in [2.24, 2.45) is 0 Å². The average molecular weight is 212 g/mol. The molecule has 72 valence electrons. The molecule has 14 heavy (non-hydrogen) atoms. The molecular weight excluding hydrogens is 205 g/mol. The molecule has 0 bridgehead atoms. The van der Waals surface area contributed by atoms with Gasteiger partial charge >= 0.3 is 0 Å². The Kier molecular flexibility index (Phi) is 2.35. The number of pyridine rings is 1. The molecular formula is C10H7ClFNO. The first-order valence-electron chi connectivity index (χ1n) is 4.06. The fourth-order valence-electron chi connectivity index (χ4n) is 1.25. The van der Waals surface area contributed by atoms with Gasteiger partial charge in [0.1, 0.15) is 5.82 Å². The van der Waals surface area contributed by atoms with E-state index in [1.54, 1.807) is 12.1 Å². The summed E-state index contributed by atoms with van der Waals surface area (Å²) >= 11 is 5.61. The summed E-state index contributed by atoms with van der Waals surface area (Å²) in [5.41, 5.74) is 1.13. The van der Waals surface area contributed by atoms with Crippen molar-refractivity contribution in [2.75, 3.05) is 0 Å². The largest absolute Gasteiger partial charge is 0.390 e. The number of hydrogen-bond acceptors (Lipinski definition) is 2. The Hall–Kier alpha value is -1.19. The molecule has 0 aliphatic heterocycles. The fourth-order valence-corrected chi connectivity index (χ4v) is 1.41. The molecule has 0 amide bonds. The van der Waals surface area contributed by atoms with E-state index in [-0.39, 0.29) is 11.6 Å². The summed E-state index contributed by atoms with van der Waals surface area (Å²) in [6, 6.07) is 6.13. The van der Waals surface area contributed by atoms with Gasteiger partial charge in [-0.05, 0) is 18.2 Å². The molecule has 4 heteroatoms. The molecule has 2 rings (SSSR count). The van der Waals surface area contributed by atoms with Crippen molar-refractivity contribution < 1.29 is 9.50 Å². The molecule has 1 aromatic heterocycles. The molecule has 0 saturated heterocycles. The van der Waals surface area contributed by atoms with Gasteiger partial charge in [0, 0.05) is 5.39 Å². The number of aliphatic hydroxyl groups is 1. The maximum absolute atomic E-state index is 13.0. The van der Waals surface area contributed by atoms with Crippen molar-refractivity contribution in [1.29, 1.82) is 0 Å². The van der Waals surface area contributed by atoms with E-state index >= 15 is 0 Å². The second kappa shape index (κ2) is 3.52. The van der Waals surface area contributed by atoms with Crippen LogP contribution in [-0.4, -0.2) is 10.1 Å². The van der Waals surface area contributed by atoms with Crippen molar-refractivity contribution in [3.63, 3.8) is 0 Å². The maximum atomic E-state index is 13.0. The van der Waals surface area contributed by atoms with Gasteiger partial charge in [0.2, 0.25) is 0 Å². The third kappa shape index (κ3) is 1.56. The lowest BCUT2D eigenvalue weighted by Gasteiger charge is -2.01. The lowest BCUT2D eigenvalue weighted by atomic mass is 10.2. The first kappa shape index (κ1) is 9.37. The van der Waals surface area contributed by atoms with Crippen molar-refractivity contribution in [3.05, 3.63) is 40.8 Å². The zero-order valence-electron chi connectivity index (χ0n) is 7.17. The van der Waals surface area contributed by atoms with Crippen LogP contribution >= 0.6 is 11.6 Å². The van der Waals surface area contributed by atoms with Crippen LogP contribution in [0.2, 0.25) is 5.02 Å². The highest BCUT2D eigenvalue weighted by atomic mass is 35.5. The topological polar surface area (TPSA) is 33.1 Å². The first-order valence-corrected chi connectivity index (χ1v) is 4.44. The van der Waals surface area contributed by atoms with Crippen LogP contribution in [0, 0.1) is 5.82 Å². The Morgan fingerprint density at radius 3 is 2.86 bits per heavy atom. The average Bonchev–Trinajstić information content (AvgIpc) is 2.19. The molecule has 0 atom stereocenters. The molecule has 1 aromatic carbocycles. The lowest BCUT2D eigenvalue weighted by molar-refractivity contribution is 0.277. The number of hydrogen-bond donors (Lipinski definition) is 1. The van der Waals surface area contributed by atoms with Gasteiger partial charge in [-0.3, -0.25) is 4.98 Å². The zero-order valence-corrected chi connectivity index (χ0v) is 7.92. The third-order valence-electron chi connectivity index (χ3n) is 1.95. The van der Waals surface area contributed by atoms with Crippen molar-refractivity contribution in [3.8, 4) is 0 Å². The molecule has 1 heterocycles. The predicted molar refractivity (Wildman–Crippen MR) is 52.6 cm³/mol. The summed E-state index contributed by atoms with van der Waals surface area (Å²) in [5, 5.41) is 9.56. The molecule has 0 saturated carbocycles. The Balaban J connectivity index is 2.70. The van der Waals surface area contributed by atoms with E-state index < -0.39 is 5.82 Å². The minimum absolute atomic E-state index is 0.0417. The van der Waals surface area contributed by atoms with Crippen LogP contribution in [0.25, 0.3) is 10.9 Å². The lowest BCUT2D eigenvalue weighted by Crippen LogP contribution is -1.90. The van der Waals surface area contributed by atoms with Gasteiger partial charge in [-0.25, -0.2) is 4.39 Å². The quantitative estimate of drug-likeness (QED) is 0.786. The van der Waals surface area contributed by atoms with Crippen LogP contribution < -0.4 is 0 Å². The maximum Gasteiger partial charge on any atom is 0.142 e. The molecule has 2 aromatic rings. The number of aliphatic hydroxyl groups excluding tert-OH is 1.